The van der Waals surface area contributed by atoms with Gasteiger partial charge in [0.2, 0.25) is 0 Å². The first-order valence-corrected chi connectivity index (χ1v) is 6.67. The van der Waals surface area contributed by atoms with Crippen LogP contribution >= 0.6 is 27.5 Å². The van der Waals surface area contributed by atoms with E-state index in [2.05, 4.69) is 21.2 Å². The van der Waals surface area contributed by atoms with Crippen LogP contribution in [0.4, 0.5) is 10.1 Å². The van der Waals surface area contributed by atoms with Gasteiger partial charge in [0.1, 0.15) is 5.82 Å². The molecular weight excluding hydrogens is 317 g/mol. The molecule has 0 bridgehead atoms. The average Bonchev–Trinajstić information content (AvgIpc) is 2.26. The molecule has 2 rings (SSSR count). The van der Waals surface area contributed by atoms with Crippen molar-refractivity contribution in [2.45, 2.75) is 13.5 Å². The Hall–Kier alpha value is -1.06. The molecule has 0 heterocycles. The van der Waals surface area contributed by atoms with E-state index in [4.69, 9.17) is 11.6 Å². The maximum Gasteiger partial charge on any atom is 0.125 e. The molecule has 0 radical (unpaired) electrons. The SMILES string of the molecule is Cc1ccc(NCc2cc(F)cc(Cl)c2)c(Br)c1. The van der Waals surface area contributed by atoms with Crippen molar-refractivity contribution in [1.29, 1.82) is 0 Å². The fourth-order valence-corrected chi connectivity index (χ4v) is 2.55. The Kier molecular flexibility index (Phi) is 4.25. The Bertz CT molecular complexity index is 551. The fraction of sp³-hybridized carbons (Fsp3) is 0.143. The number of rotatable bonds is 3. The second kappa shape index (κ2) is 5.72. The van der Waals surface area contributed by atoms with Gasteiger partial charge in [-0.2, -0.15) is 0 Å². The zero-order chi connectivity index (χ0) is 13.1. The van der Waals surface area contributed by atoms with Crippen LogP contribution in [-0.2, 0) is 6.54 Å². The minimum atomic E-state index is -0.317. The maximum absolute atomic E-state index is 13.2. The highest BCUT2D eigenvalue weighted by Crippen LogP contribution is 2.24. The third-order valence-electron chi connectivity index (χ3n) is 2.53. The van der Waals surface area contributed by atoms with Crippen molar-refractivity contribution in [3.63, 3.8) is 0 Å². The summed E-state index contributed by atoms with van der Waals surface area (Å²) in [6.07, 6.45) is 0. The van der Waals surface area contributed by atoms with E-state index >= 15 is 0 Å². The lowest BCUT2D eigenvalue weighted by Gasteiger charge is -2.09. The van der Waals surface area contributed by atoms with Gasteiger partial charge < -0.3 is 5.32 Å². The Morgan fingerprint density at radius 1 is 1.22 bits per heavy atom. The van der Waals surface area contributed by atoms with Crippen LogP contribution in [0.3, 0.4) is 0 Å². The molecular formula is C14H12BrClFN. The summed E-state index contributed by atoms with van der Waals surface area (Å²) >= 11 is 9.29. The molecule has 1 N–H and O–H groups in total. The Morgan fingerprint density at radius 3 is 2.67 bits per heavy atom. The van der Waals surface area contributed by atoms with Crippen molar-refractivity contribution >= 4 is 33.2 Å². The summed E-state index contributed by atoms with van der Waals surface area (Å²) < 4.78 is 14.2. The minimum Gasteiger partial charge on any atom is -0.380 e. The normalized spacial score (nSPS) is 10.4. The number of benzene rings is 2. The molecule has 1 nitrogen and oxygen atoms in total. The smallest absolute Gasteiger partial charge is 0.125 e. The first kappa shape index (κ1) is 13.4. The van der Waals surface area contributed by atoms with Crippen LogP contribution in [0.1, 0.15) is 11.1 Å². The van der Waals surface area contributed by atoms with E-state index in [1.807, 2.05) is 25.1 Å². The van der Waals surface area contributed by atoms with Crippen LogP contribution in [0.5, 0.6) is 0 Å². The molecule has 0 atom stereocenters. The highest BCUT2D eigenvalue weighted by molar-refractivity contribution is 9.10. The third kappa shape index (κ3) is 3.47. The molecule has 0 aliphatic heterocycles. The van der Waals surface area contributed by atoms with Crippen molar-refractivity contribution in [1.82, 2.24) is 0 Å². The van der Waals surface area contributed by atoms with Crippen molar-refractivity contribution in [3.05, 3.63) is 62.8 Å². The van der Waals surface area contributed by atoms with Crippen LogP contribution in [0.25, 0.3) is 0 Å². The maximum atomic E-state index is 13.2. The van der Waals surface area contributed by atoms with E-state index in [9.17, 15) is 4.39 Å². The summed E-state index contributed by atoms with van der Waals surface area (Å²) in [5.41, 5.74) is 2.97. The summed E-state index contributed by atoms with van der Waals surface area (Å²) in [6, 6.07) is 10.6. The molecule has 0 fully saturated rings. The molecule has 2 aromatic rings. The van der Waals surface area contributed by atoms with Crippen molar-refractivity contribution < 1.29 is 4.39 Å². The standard InChI is InChI=1S/C14H12BrClFN/c1-9-2-3-14(13(15)4-9)18-8-10-5-11(16)7-12(17)6-10/h2-7,18H,8H2,1H3. The van der Waals surface area contributed by atoms with Crippen LogP contribution in [0.15, 0.2) is 40.9 Å². The quantitative estimate of drug-likeness (QED) is 0.820. The Labute approximate surface area is 119 Å². The van der Waals surface area contributed by atoms with E-state index in [1.54, 1.807) is 6.07 Å². The summed E-state index contributed by atoms with van der Waals surface area (Å²) in [4.78, 5) is 0. The van der Waals surface area contributed by atoms with E-state index in [0.29, 0.717) is 11.6 Å². The lowest BCUT2D eigenvalue weighted by atomic mass is 10.2. The second-order valence-electron chi connectivity index (χ2n) is 4.11. The Morgan fingerprint density at radius 2 is 2.00 bits per heavy atom. The molecule has 0 unspecified atom stereocenters. The largest absolute Gasteiger partial charge is 0.380 e. The number of halogens is 3. The molecule has 18 heavy (non-hydrogen) atoms. The molecule has 0 spiro atoms. The number of anilines is 1. The predicted octanol–water partition coefficient (Wildman–Crippen LogP) is 5.16. The molecule has 0 aliphatic rings. The molecule has 0 saturated carbocycles. The topological polar surface area (TPSA) is 12.0 Å². The van der Waals surface area contributed by atoms with Crippen LogP contribution in [0.2, 0.25) is 5.02 Å². The van der Waals surface area contributed by atoms with Crippen LogP contribution < -0.4 is 5.32 Å². The van der Waals surface area contributed by atoms with Gasteiger partial charge in [-0.05, 0) is 64.3 Å². The minimum absolute atomic E-state index is 0.317. The highest BCUT2D eigenvalue weighted by atomic mass is 79.9. The van der Waals surface area contributed by atoms with Gasteiger partial charge in [0.15, 0.2) is 0 Å². The lowest BCUT2D eigenvalue weighted by molar-refractivity contribution is 0.626. The average molecular weight is 329 g/mol. The number of aryl methyl sites for hydroxylation is 1. The molecule has 0 saturated heterocycles. The first-order chi connectivity index (χ1) is 8.54. The van der Waals surface area contributed by atoms with Crippen molar-refractivity contribution in [3.8, 4) is 0 Å². The molecule has 4 heteroatoms. The number of hydrogen-bond donors (Lipinski definition) is 1. The summed E-state index contributed by atoms with van der Waals surface area (Å²) in [5.74, 6) is -0.317. The van der Waals surface area contributed by atoms with Crippen molar-refractivity contribution in [2.24, 2.45) is 0 Å². The zero-order valence-electron chi connectivity index (χ0n) is 9.81. The van der Waals surface area contributed by atoms with E-state index < -0.39 is 0 Å². The number of hydrogen-bond acceptors (Lipinski definition) is 1. The molecule has 0 amide bonds. The van der Waals surface area contributed by atoms with Gasteiger partial charge >= 0.3 is 0 Å². The fourth-order valence-electron chi connectivity index (χ4n) is 1.67. The third-order valence-corrected chi connectivity index (χ3v) is 3.40. The van der Waals surface area contributed by atoms with Gasteiger partial charge in [0.05, 0.1) is 0 Å². The number of nitrogens with one attached hydrogen (secondary N) is 1. The van der Waals surface area contributed by atoms with Crippen LogP contribution in [-0.4, -0.2) is 0 Å². The van der Waals surface area contributed by atoms with Crippen molar-refractivity contribution in [2.75, 3.05) is 5.32 Å². The first-order valence-electron chi connectivity index (χ1n) is 5.49. The van der Waals surface area contributed by atoms with Gasteiger partial charge in [-0.15, -0.1) is 0 Å². The highest BCUT2D eigenvalue weighted by Gasteiger charge is 2.02. The second-order valence-corrected chi connectivity index (χ2v) is 5.41. The molecule has 94 valence electrons. The summed E-state index contributed by atoms with van der Waals surface area (Å²) in [5, 5.41) is 3.65. The van der Waals surface area contributed by atoms with Gasteiger partial charge in [0, 0.05) is 21.7 Å². The van der Waals surface area contributed by atoms with Gasteiger partial charge in [-0.1, -0.05) is 17.7 Å². The van der Waals surface area contributed by atoms with Crippen LogP contribution in [0, 0.1) is 12.7 Å². The van der Waals surface area contributed by atoms with Gasteiger partial charge in [-0.25, -0.2) is 4.39 Å². The lowest BCUT2D eigenvalue weighted by Crippen LogP contribution is -2.00. The molecule has 2 aromatic carbocycles. The van der Waals surface area contributed by atoms with Gasteiger partial charge in [-0.3, -0.25) is 0 Å². The van der Waals surface area contributed by atoms with E-state index in [1.165, 1.54) is 17.7 Å². The van der Waals surface area contributed by atoms with E-state index in [0.717, 1.165) is 15.7 Å². The summed E-state index contributed by atoms with van der Waals surface area (Å²) in [7, 11) is 0. The van der Waals surface area contributed by atoms with Gasteiger partial charge in [0.25, 0.3) is 0 Å². The molecule has 0 aliphatic carbocycles. The zero-order valence-corrected chi connectivity index (χ0v) is 12.1. The molecule has 0 aromatic heterocycles. The van der Waals surface area contributed by atoms with E-state index in [-0.39, 0.29) is 5.82 Å². The predicted molar refractivity (Wildman–Crippen MR) is 77.6 cm³/mol. The summed E-state index contributed by atoms with van der Waals surface area (Å²) in [6.45, 7) is 2.56. The Balaban J connectivity index is 2.11. The monoisotopic (exact) mass is 327 g/mol.